The molecule has 0 saturated carbocycles. The van der Waals surface area contributed by atoms with E-state index in [0.717, 1.165) is 53.5 Å². The van der Waals surface area contributed by atoms with E-state index in [9.17, 15) is 4.79 Å². The van der Waals surface area contributed by atoms with Crippen LogP contribution in [0.25, 0.3) is 10.6 Å². The van der Waals surface area contributed by atoms with Gasteiger partial charge in [-0.05, 0) is 38.2 Å². The molecule has 1 aromatic heterocycles. The van der Waals surface area contributed by atoms with E-state index in [1.54, 1.807) is 0 Å². The number of hydrogen-bond acceptors (Lipinski definition) is 3. The van der Waals surface area contributed by atoms with Crippen LogP contribution in [0.15, 0.2) is 24.3 Å². The zero-order valence-corrected chi connectivity index (χ0v) is 14.1. The largest absolute Gasteiger partial charge is 0.338 e. The predicted octanol–water partition coefficient (Wildman–Crippen LogP) is 4.31. The summed E-state index contributed by atoms with van der Waals surface area (Å²) >= 11 is 1.53. The number of thiazole rings is 1. The monoisotopic (exact) mass is 314 g/mol. The predicted molar refractivity (Wildman–Crippen MR) is 91.4 cm³/mol. The third-order valence-corrected chi connectivity index (χ3v) is 5.44. The molecule has 0 atom stereocenters. The van der Waals surface area contributed by atoms with Crippen molar-refractivity contribution < 1.29 is 4.79 Å². The fraction of sp³-hybridized carbons (Fsp3) is 0.444. The highest BCUT2D eigenvalue weighted by molar-refractivity contribution is 7.17. The summed E-state index contributed by atoms with van der Waals surface area (Å²) in [5.74, 6) is 0.158. The van der Waals surface area contributed by atoms with Crippen LogP contribution in [0.2, 0.25) is 0 Å². The first kappa shape index (κ1) is 15.2. The maximum atomic E-state index is 12.7. The lowest BCUT2D eigenvalue weighted by molar-refractivity contribution is 0.0728. The standard InChI is InChI=1S/C18H22N2OS/c1-3-14-7-9-15(10-8-14)17-19-13(2)16(22-17)18(21)20-11-5-4-6-12-20/h7-10H,3-6,11-12H2,1-2H3. The van der Waals surface area contributed by atoms with Crippen molar-refractivity contribution in [2.75, 3.05) is 13.1 Å². The SMILES string of the molecule is CCc1ccc(-c2nc(C)c(C(=O)N3CCCCC3)s2)cc1. The Morgan fingerprint density at radius 1 is 1.18 bits per heavy atom. The van der Waals surface area contributed by atoms with E-state index in [1.807, 2.05) is 11.8 Å². The molecule has 1 saturated heterocycles. The van der Waals surface area contributed by atoms with Crippen molar-refractivity contribution in [2.45, 2.75) is 39.5 Å². The average Bonchev–Trinajstić information content (AvgIpc) is 2.97. The summed E-state index contributed by atoms with van der Waals surface area (Å²) in [6, 6.07) is 8.48. The second-order valence-corrected chi connectivity index (χ2v) is 6.84. The van der Waals surface area contributed by atoms with Crippen LogP contribution in [0.1, 0.15) is 47.1 Å². The first-order chi connectivity index (χ1) is 10.7. The molecule has 1 aliphatic heterocycles. The molecular weight excluding hydrogens is 292 g/mol. The Kier molecular flexibility index (Phi) is 4.57. The van der Waals surface area contributed by atoms with Gasteiger partial charge in [0.05, 0.1) is 5.69 Å². The Morgan fingerprint density at radius 3 is 2.50 bits per heavy atom. The number of amides is 1. The number of carbonyl (C=O) groups is 1. The summed E-state index contributed by atoms with van der Waals surface area (Å²) in [5, 5.41) is 0.945. The molecule has 3 rings (SSSR count). The molecule has 0 radical (unpaired) electrons. The summed E-state index contributed by atoms with van der Waals surface area (Å²) in [6.07, 6.45) is 4.51. The summed E-state index contributed by atoms with van der Waals surface area (Å²) < 4.78 is 0. The minimum atomic E-state index is 0.158. The van der Waals surface area contributed by atoms with Gasteiger partial charge in [0.1, 0.15) is 9.88 Å². The zero-order valence-electron chi connectivity index (χ0n) is 13.3. The number of aromatic nitrogens is 1. The lowest BCUT2D eigenvalue weighted by Crippen LogP contribution is -2.35. The normalized spacial score (nSPS) is 15.1. The lowest BCUT2D eigenvalue weighted by atomic mass is 10.1. The fourth-order valence-corrected chi connectivity index (χ4v) is 3.88. The number of aryl methyl sites for hydroxylation is 2. The van der Waals surface area contributed by atoms with Crippen LogP contribution < -0.4 is 0 Å². The number of hydrogen-bond donors (Lipinski definition) is 0. The molecule has 0 bridgehead atoms. The second-order valence-electron chi connectivity index (χ2n) is 5.84. The van der Waals surface area contributed by atoms with E-state index in [4.69, 9.17) is 0 Å². The first-order valence-electron chi connectivity index (χ1n) is 8.05. The quantitative estimate of drug-likeness (QED) is 0.846. The van der Waals surface area contributed by atoms with Crippen molar-refractivity contribution in [1.82, 2.24) is 9.88 Å². The molecule has 1 fully saturated rings. The highest BCUT2D eigenvalue weighted by Crippen LogP contribution is 2.29. The third-order valence-electron chi connectivity index (χ3n) is 4.24. The summed E-state index contributed by atoms with van der Waals surface area (Å²) in [5.41, 5.74) is 3.28. The summed E-state index contributed by atoms with van der Waals surface area (Å²) in [7, 11) is 0. The topological polar surface area (TPSA) is 33.2 Å². The third kappa shape index (κ3) is 3.07. The Labute approximate surface area is 136 Å². The molecular formula is C18H22N2OS. The molecule has 1 aliphatic rings. The maximum Gasteiger partial charge on any atom is 0.265 e. The highest BCUT2D eigenvalue weighted by Gasteiger charge is 2.23. The fourth-order valence-electron chi connectivity index (χ4n) is 2.84. The van der Waals surface area contributed by atoms with Gasteiger partial charge in [-0.25, -0.2) is 4.98 Å². The molecule has 2 aromatic rings. The molecule has 1 amide bonds. The van der Waals surface area contributed by atoms with Crippen molar-refractivity contribution in [1.29, 1.82) is 0 Å². The van der Waals surface area contributed by atoms with Crippen LogP contribution in [-0.2, 0) is 6.42 Å². The average molecular weight is 314 g/mol. The van der Waals surface area contributed by atoms with Gasteiger partial charge in [0, 0.05) is 18.7 Å². The van der Waals surface area contributed by atoms with E-state index in [2.05, 4.69) is 36.2 Å². The number of nitrogens with zero attached hydrogens (tertiary/aromatic N) is 2. The molecule has 0 aliphatic carbocycles. The van der Waals surface area contributed by atoms with Crippen LogP contribution in [0, 0.1) is 6.92 Å². The van der Waals surface area contributed by atoms with Gasteiger partial charge in [-0.15, -0.1) is 11.3 Å². The second kappa shape index (κ2) is 6.61. The number of benzene rings is 1. The van der Waals surface area contributed by atoms with Crippen molar-refractivity contribution in [3.8, 4) is 10.6 Å². The van der Waals surface area contributed by atoms with Crippen molar-refractivity contribution in [3.63, 3.8) is 0 Å². The van der Waals surface area contributed by atoms with Crippen LogP contribution in [0.4, 0.5) is 0 Å². The lowest BCUT2D eigenvalue weighted by Gasteiger charge is -2.26. The van der Waals surface area contributed by atoms with Crippen LogP contribution in [0.3, 0.4) is 0 Å². The number of rotatable bonds is 3. The first-order valence-corrected chi connectivity index (χ1v) is 8.86. The van der Waals surface area contributed by atoms with Gasteiger partial charge >= 0.3 is 0 Å². The summed E-state index contributed by atoms with van der Waals surface area (Å²) in [4.78, 5) is 20.1. The summed E-state index contributed by atoms with van der Waals surface area (Å²) in [6.45, 7) is 5.86. The zero-order chi connectivity index (χ0) is 15.5. The number of piperidine rings is 1. The maximum absolute atomic E-state index is 12.7. The Balaban J connectivity index is 1.84. The Bertz CT molecular complexity index is 654. The molecule has 0 unspecified atom stereocenters. The smallest absolute Gasteiger partial charge is 0.265 e. The van der Waals surface area contributed by atoms with E-state index >= 15 is 0 Å². The van der Waals surface area contributed by atoms with Crippen molar-refractivity contribution in [3.05, 3.63) is 40.4 Å². The van der Waals surface area contributed by atoms with Crippen LogP contribution in [0.5, 0.6) is 0 Å². The van der Waals surface area contributed by atoms with Gasteiger partial charge in [0.15, 0.2) is 0 Å². The van der Waals surface area contributed by atoms with E-state index in [1.165, 1.54) is 23.3 Å². The van der Waals surface area contributed by atoms with E-state index in [0.29, 0.717) is 0 Å². The molecule has 116 valence electrons. The van der Waals surface area contributed by atoms with Crippen molar-refractivity contribution >= 4 is 17.2 Å². The Morgan fingerprint density at radius 2 is 1.86 bits per heavy atom. The van der Waals surface area contributed by atoms with Gasteiger partial charge in [0.25, 0.3) is 5.91 Å². The number of carbonyl (C=O) groups excluding carboxylic acids is 1. The molecule has 0 N–H and O–H groups in total. The van der Waals surface area contributed by atoms with Crippen LogP contribution in [-0.4, -0.2) is 28.9 Å². The molecule has 1 aromatic carbocycles. The molecule has 0 spiro atoms. The van der Waals surface area contributed by atoms with Gasteiger partial charge in [-0.3, -0.25) is 4.79 Å². The molecule has 22 heavy (non-hydrogen) atoms. The Hall–Kier alpha value is -1.68. The minimum absolute atomic E-state index is 0.158. The van der Waals surface area contributed by atoms with Gasteiger partial charge in [0.2, 0.25) is 0 Å². The van der Waals surface area contributed by atoms with Gasteiger partial charge < -0.3 is 4.90 Å². The van der Waals surface area contributed by atoms with Crippen LogP contribution >= 0.6 is 11.3 Å². The number of likely N-dealkylation sites (tertiary alicyclic amines) is 1. The highest BCUT2D eigenvalue weighted by atomic mass is 32.1. The van der Waals surface area contributed by atoms with Crippen molar-refractivity contribution in [2.24, 2.45) is 0 Å². The van der Waals surface area contributed by atoms with E-state index < -0.39 is 0 Å². The van der Waals surface area contributed by atoms with E-state index in [-0.39, 0.29) is 5.91 Å². The molecule has 2 heterocycles. The molecule has 4 heteroatoms. The minimum Gasteiger partial charge on any atom is -0.338 e. The van der Waals surface area contributed by atoms with Gasteiger partial charge in [-0.1, -0.05) is 31.2 Å². The van der Waals surface area contributed by atoms with Gasteiger partial charge in [-0.2, -0.15) is 0 Å². The molecule has 3 nitrogen and oxygen atoms in total.